The van der Waals surface area contributed by atoms with Gasteiger partial charge >= 0.3 is 0 Å². The fourth-order valence-electron chi connectivity index (χ4n) is 4.09. The third-order valence-electron chi connectivity index (χ3n) is 5.77. The molecule has 158 valence electrons. The first-order valence-electron chi connectivity index (χ1n) is 10.7. The maximum Gasteiger partial charge on any atom is 0.0927 e. The zero-order valence-corrected chi connectivity index (χ0v) is 18.3. The Hall–Kier alpha value is -4.15. The Kier molecular flexibility index (Phi) is 4.78. The molecule has 2 aromatic heterocycles. The zero-order valence-electron chi connectivity index (χ0n) is 17.6. The molecule has 0 aliphatic heterocycles. The minimum absolute atomic E-state index is 0.719. The number of halogens is 1. The second kappa shape index (κ2) is 8.08. The highest BCUT2D eigenvalue weighted by Gasteiger charge is 2.10. The second-order valence-corrected chi connectivity index (χ2v) is 8.33. The number of aromatic nitrogens is 3. The van der Waals surface area contributed by atoms with Crippen molar-refractivity contribution in [1.29, 1.82) is 0 Å². The smallest absolute Gasteiger partial charge is 0.0927 e. The van der Waals surface area contributed by atoms with Crippen molar-refractivity contribution in [3.63, 3.8) is 0 Å². The number of fused-ring (bicyclic) bond motifs is 2. The van der Waals surface area contributed by atoms with Crippen LogP contribution in [0.2, 0.25) is 5.02 Å². The molecule has 0 unspecified atom stereocenters. The van der Waals surface area contributed by atoms with Gasteiger partial charge in [0.15, 0.2) is 0 Å². The zero-order chi connectivity index (χ0) is 22.2. The monoisotopic (exact) mass is 446 g/mol. The number of nitrogens with zero attached hydrogens (tertiary/aromatic N) is 2. The van der Waals surface area contributed by atoms with Crippen LogP contribution in [0.3, 0.4) is 0 Å². The van der Waals surface area contributed by atoms with Crippen molar-refractivity contribution in [1.82, 2.24) is 15.2 Å². The first-order valence-corrected chi connectivity index (χ1v) is 11.1. The molecule has 6 rings (SSSR count). The van der Waals surface area contributed by atoms with Crippen molar-refractivity contribution in [2.45, 2.75) is 0 Å². The number of nitrogens with one attached hydrogen (secondary N) is 2. The number of aromatic amines is 1. The molecule has 0 aliphatic carbocycles. The molecule has 33 heavy (non-hydrogen) atoms. The maximum atomic E-state index is 6.00. The summed E-state index contributed by atoms with van der Waals surface area (Å²) in [7, 11) is 0. The fourth-order valence-corrected chi connectivity index (χ4v) is 4.22. The van der Waals surface area contributed by atoms with Gasteiger partial charge in [0.1, 0.15) is 0 Å². The van der Waals surface area contributed by atoms with E-state index >= 15 is 0 Å². The average Bonchev–Trinajstić information content (AvgIpc) is 3.35. The Morgan fingerprint density at radius 3 is 1.94 bits per heavy atom. The first kappa shape index (κ1) is 19.5. The van der Waals surface area contributed by atoms with E-state index in [1.807, 2.05) is 60.7 Å². The summed E-state index contributed by atoms with van der Waals surface area (Å²) in [5.41, 5.74) is 7.96. The number of para-hydroxylation sites is 2. The summed E-state index contributed by atoms with van der Waals surface area (Å²) in [5, 5.41) is 14.2. The molecule has 4 aromatic carbocycles. The molecular weight excluding hydrogens is 428 g/mol. The van der Waals surface area contributed by atoms with E-state index < -0.39 is 0 Å². The SMILES string of the molecule is Clc1ccc(-c2cc(-c3ccc(Nc4c5ccccc5nc5ccccc45)cc3)n[nH]2)cc1. The van der Waals surface area contributed by atoms with E-state index in [-0.39, 0.29) is 0 Å². The third kappa shape index (κ3) is 3.71. The van der Waals surface area contributed by atoms with Crippen LogP contribution in [0.25, 0.3) is 44.3 Å². The summed E-state index contributed by atoms with van der Waals surface area (Å²) in [6.45, 7) is 0. The molecule has 0 saturated carbocycles. The van der Waals surface area contributed by atoms with Gasteiger partial charge in [0, 0.05) is 27.0 Å². The average molecular weight is 447 g/mol. The maximum absolute atomic E-state index is 6.00. The Morgan fingerprint density at radius 2 is 1.27 bits per heavy atom. The molecule has 0 spiro atoms. The van der Waals surface area contributed by atoms with Crippen molar-refractivity contribution < 1.29 is 0 Å². The lowest BCUT2D eigenvalue weighted by molar-refractivity contribution is 1.10. The molecule has 0 saturated heterocycles. The van der Waals surface area contributed by atoms with Gasteiger partial charge in [-0.3, -0.25) is 5.10 Å². The molecule has 6 aromatic rings. The summed E-state index contributed by atoms with van der Waals surface area (Å²) in [6.07, 6.45) is 0. The van der Waals surface area contributed by atoms with Crippen LogP contribution in [0.1, 0.15) is 0 Å². The van der Waals surface area contributed by atoms with E-state index in [9.17, 15) is 0 Å². The van der Waals surface area contributed by atoms with Gasteiger partial charge in [0.25, 0.3) is 0 Å². The van der Waals surface area contributed by atoms with Gasteiger partial charge in [0.2, 0.25) is 0 Å². The highest BCUT2D eigenvalue weighted by molar-refractivity contribution is 6.30. The van der Waals surface area contributed by atoms with Gasteiger partial charge in [-0.15, -0.1) is 0 Å². The van der Waals surface area contributed by atoms with Crippen LogP contribution < -0.4 is 5.32 Å². The number of hydrogen-bond acceptors (Lipinski definition) is 3. The number of anilines is 2. The molecule has 0 atom stereocenters. The summed E-state index contributed by atoms with van der Waals surface area (Å²) in [4.78, 5) is 4.81. The van der Waals surface area contributed by atoms with Crippen LogP contribution in [-0.4, -0.2) is 15.2 Å². The van der Waals surface area contributed by atoms with E-state index in [4.69, 9.17) is 16.6 Å². The highest BCUT2D eigenvalue weighted by atomic mass is 35.5. The van der Waals surface area contributed by atoms with Crippen molar-refractivity contribution in [2.75, 3.05) is 5.32 Å². The number of hydrogen-bond donors (Lipinski definition) is 2. The van der Waals surface area contributed by atoms with E-state index in [1.54, 1.807) is 0 Å². The summed E-state index contributed by atoms with van der Waals surface area (Å²) in [6, 6.07) is 34.5. The van der Waals surface area contributed by atoms with Crippen LogP contribution in [0.5, 0.6) is 0 Å². The number of benzene rings is 4. The largest absolute Gasteiger partial charge is 0.354 e. The lowest BCUT2D eigenvalue weighted by atomic mass is 10.1. The van der Waals surface area contributed by atoms with Gasteiger partial charge in [-0.05, 0) is 48.0 Å². The molecule has 2 N–H and O–H groups in total. The Bertz CT molecular complexity index is 1530. The number of pyridine rings is 1. The van der Waals surface area contributed by atoms with Gasteiger partial charge in [-0.2, -0.15) is 5.10 Å². The molecule has 4 nitrogen and oxygen atoms in total. The molecule has 0 radical (unpaired) electrons. The summed E-state index contributed by atoms with van der Waals surface area (Å²) >= 11 is 6.00. The minimum atomic E-state index is 0.719. The second-order valence-electron chi connectivity index (χ2n) is 7.90. The van der Waals surface area contributed by atoms with Crippen molar-refractivity contribution in [2.24, 2.45) is 0 Å². The van der Waals surface area contributed by atoms with E-state index in [1.165, 1.54) is 0 Å². The normalized spacial score (nSPS) is 11.2. The number of rotatable bonds is 4. The number of H-pyrrole nitrogens is 1. The van der Waals surface area contributed by atoms with Crippen LogP contribution in [0.15, 0.2) is 103 Å². The first-order chi connectivity index (χ1) is 16.2. The molecule has 5 heteroatoms. The third-order valence-corrected chi connectivity index (χ3v) is 6.02. The van der Waals surface area contributed by atoms with Crippen molar-refractivity contribution in [3.8, 4) is 22.5 Å². The Morgan fingerprint density at radius 1 is 0.667 bits per heavy atom. The van der Waals surface area contributed by atoms with Gasteiger partial charge in [0.05, 0.1) is 28.1 Å². The summed E-state index contributed by atoms with van der Waals surface area (Å²) < 4.78 is 0. The Balaban J connectivity index is 1.33. The van der Waals surface area contributed by atoms with Crippen LogP contribution in [0, 0.1) is 0 Å². The van der Waals surface area contributed by atoms with Gasteiger partial charge in [-0.1, -0.05) is 72.3 Å². The van der Waals surface area contributed by atoms with Gasteiger partial charge in [-0.25, -0.2) is 4.98 Å². The van der Waals surface area contributed by atoms with Crippen LogP contribution in [0.4, 0.5) is 11.4 Å². The highest BCUT2D eigenvalue weighted by Crippen LogP contribution is 2.33. The quantitative estimate of drug-likeness (QED) is 0.271. The lowest BCUT2D eigenvalue weighted by Gasteiger charge is -2.13. The minimum Gasteiger partial charge on any atom is -0.354 e. The topological polar surface area (TPSA) is 53.6 Å². The molecule has 0 bridgehead atoms. The molecule has 2 heterocycles. The van der Waals surface area contributed by atoms with E-state index in [2.05, 4.69) is 58.0 Å². The predicted octanol–water partition coefficient (Wildman–Crippen LogP) is 7.84. The van der Waals surface area contributed by atoms with Crippen LogP contribution in [-0.2, 0) is 0 Å². The molecule has 0 amide bonds. The Labute approximate surface area is 195 Å². The predicted molar refractivity (Wildman–Crippen MR) is 137 cm³/mol. The standard InChI is InChI=1S/C28H19ClN4/c29-20-13-9-18(10-14-20)26-17-27(33-32-26)19-11-15-21(16-12-19)30-28-22-5-1-3-7-24(22)31-25-8-4-2-6-23(25)28/h1-17H,(H,30,31)(H,32,33). The summed E-state index contributed by atoms with van der Waals surface area (Å²) in [5.74, 6) is 0. The lowest BCUT2D eigenvalue weighted by Crippen LogP contribution is -1.95. The molecular formula is C28H19ClN4. The molecule has 0 aliphatic rings. The molecule has 0 fully saturated rings. The van der Waals surface area contributed by atoms with E-state index in [0.717, 1.165) is 60.7 Å². The van der Waals surface area contributed by atoms with Gasteiger partial charge < -0.3 is 5.32 Å². The fraction of sp³-hybridized carbons (Fsp3) is 0. The van der Waals surface area contributed by atoms with Crippen molar-refractivity contribution in [3.05, 3.63) is 108 Å². The van der Waals surface area contributed by atoms with E-state index in [0.29, 0.717) is 0 Å². The van der Waals surface area contributed by atoms with Crippen molar-refractivity contribution >= 4 is 44.8 Å². The van der Waals surface area contributed by atoms with Crippen LogP contribution >= 0.6 is 11.6 Å².